The molecule has 0 radical (unpaired) electrons. The Morgan fingerprint density at radius 2 is 1.75 bits per heavy atom. The van der Waals surface area contributed by atoms with Gasteiger partial charge >= 0.3 is 6.09 Å². The van der Waals surface area contributed by atoms with Gasteiger partial charge in [0, 0.05) is 0 Å². The minimum atomic E-state index is -1.34. The van der Waals surface area contributed by atoms with Crippen LogP contribution < -0.4 is 4.74 Å². The zero-order valence-corrected chi connectivity index (χ0v) is 20.6. The fraction of sp³-hybridized carbons (Fsp3) is 0.520. The zero-order valence-electron chi connectivity index (χ0n) is 20.6. The van der Waals surface area contributed by atoms with E-state index < -0.39 is 46.8 Å². The third-order valence-corrected chi connectivity index (χ3v) is 6.19. The number of nitrogens with zero attached hydrogens (tertiary/aromatic N) is 2. The summed E-state index contributed by atoms with van der Waals surface area (Å²) in [5.74, 6) is -3.10. The quantitative estimate of drug-likeness (QED) is 0.407. The van der Waals surface area contributed by atoms with E-state index >= 15 is 0 Å². The summed E-state index contributed by atoms with van der Waals surface area (Å²) in [6, 6.07) is 3.17. The highest BCUT2D eigenvalue weighted by molar-refractivity contribution is 6.25. The third kappa shape index (κ3) is 4.62. The van der Waals surface area contributed by atoms with Gasteiger partial charge in [-0.3, -0.25) is 28.9 Å². The van der Waals surface area contributed by atoms with Crippen LogP contribution >= 0.6 is 0 Å². The summed E-state index contributed by atoms with van der Waals surface area (Å²) in [4.78, 5) is 78.2. The third-order valence-electron chi connectivity index (χ3n) is 6.19. The number of carbonyl (C=O) groups is 6. The zero-order chi connectivity index (χ0) is 26.4. The summed E-state index contributed by atoms with van der Waals surface area (Å²) in [6.07, 6.45) is -0.302. The largest absolute Gasteiger partial charge is 0.490 e. The van der Waals surface area contributed by atoms with Crippen molar-refractivity contribution in [3.63, 3.8) is 0 Å². The van der Waals surface area contributed by atoms with E-state index in [9.17, 15) is 28.8 Å². The van der Waals surface area contributed by atoms with Crippen molar-refractivity contribution in [3.8, 4) is 5.75 Å². The molecule has 1 aromatic rings. The van der Waals surface area contributed by atoms with Crippen molar-refractivity contribution in [1.29, 1.82) is 0 Å². The molecule has 2 aliphatic heterocycles. The predicted molar refractivity (Wildman–Crippen MR) is 122 cm³/mol. The Kier molecular flexibility index (Phi) is 6.46. The number of likely N-dealkylation sites (tertiary alicyclic amines) is 1. The van der Waals surface area contributed by atoms with Gasteiger partial charge in [0.15, 0.2) is 5.78 Å². The van der Waals surface area contributed by atoms with Crippen LogP contribution in [0.1, 0.15) is 67.7 Å². The minimum absolute atomic E-state index is 0.00701. The monoisotopic (exact) mass is 500 g/mol. The van der Waals surface area contributed by atoms with Crippen LogP contribution in [0.5, 0.6) is 5.75 Å². The van der Waals surface area contributed by atoms with Crippen LogP contribution in [0.3, 0.4) is 0 Å². The lowest BCUT2D eigenvalue weighted by molar-refractivity contribution is -0.155. The van der Waals surface area contributed by atoms with E-state index in [1.165, 1.54) is 19.1 Å². The van der Waals surface area contributed by atoms with Gasteiger partial charge in [-0.2, -0.15) is 4.90 Å². The molecule has 1 saturated carbocycles. The topological polar surface area (TPSA) is 137 Å². The van der Waals surface area contributed by atoms with Gasteiger partial charge in [-0.25, -0.2) is 4.79 Å². The Hall–Kier alpha value is -3.60. The standard InChI is InChI=1S/C25H28N2O9/c1-14(28)13-34-10-11-35-17-7-5-6-15-18(17)21(31)26(19(15)29)16-12-25(8-9-25)22(32)27(20(16)30)23(33)36-24(2,3)4/h5-7,16H,8-13H2,1-4H3. The Bertz CT molecular complexity index is 1160. The van der Waals surface area contributed by atoms with Crippen molar-refractivity contribution in [2.24, 2.45) is 5.41 Å². The van der Waals surface area contributed by atoms with E-state index in [0.717, 1.165) is 4.90 Å². The molecule has 3 aliphatic rings. The van der Waals surface area contributed by atoms with Crippen molar-refractivity contribution in [2.45, 2.75) is 58.6 Å². The molecule has 1 spiro atoms. The van der Waals surface area contributed by atoms with Gasteiger partial charge in [-0.05, 0) is 59.1 Å². The molecule has 5 amide bonds. The summed E-state index contributed by atoms with van der Waals surface area (Å²) in [6.45, 7) is 6.24. The van der Waals surface area contributed by atoms with Crippen LogP contribution in [0.25, 0.3) is 0 Å². The number of carbonyl (C=O) groups excluding carboxylic acids is 6. The number of ether oxygens (including phenoxy) is 3. The molecule has 11 heteroatoms. The molecular weight excluding hydrogens is 472 g/mol. The number of Topliss-reactive ketones (excluding diaryl/α,β-unsaturated/α-hetero) is 1. The molecule has 1 aromatic carbocycles. The number of ketones is 1. The van der Waals surface area contributed by atoms with Crippen molar-refractivity contribution in [1.82, 2.24) is 9.80 Å². The molecule has 2 heterocycles. The number of hydrogen-bond donors (Lipinski definition) is 0. The second-order valence-corrected chi connectivity index (χ2v) is 10.2. The van der Waals surface area contributed by atoms with E-state index in [0.29, 0.717) is 17.7 Å². The maximum atomic E-state index is 13.4. The van der Waals surface area contributed by atoms with Crippen LogP contribution in [0.4, 0.5) is 4.79 Å². The van der Waals surface area contributed by atoms with Gasteiger partial charge in [0.25, 0.3) is 17.7 Å². The number of benzene rings is 1. The normalized spacial score (nSPS) is 20.6. The SMILES string of the molecule is CC(=O)COCCOc1cccc2c1C(=O)N(C1CC3(CC3)C(=O)N(C(=O)OC(C)(C)C)C1=O)C2=O. The number of amides is 5. The molecule has 192 valence electrons. The average Bonchev–Trinajstić information content (AvgIpc) is 3.51. The molecule has 0 bridgehead atoms. The number of rotatable bonds is 7. The van der Waals surface area contributed by atoms with Gasteiger partial charge in [0.2, 0.25) is 5.91 Å². The van der Waals surface area contributed by atoms with E-state index in [1.54, 1.807) is 26.8 Å². The van der Waals surface area contributed by atoms with Gasteiger partial charge in [0.1, 0.15) is 30.6 Å². The smallest absolute Gasteiger partial charge is 0.424 e. The van der Waals surface area contributed by atoms with Crippen LogP contribution in [0.15, 0.2) is 18.2 Å². The number of hydrogen-bond acceptors (Lipinski definition) is 9. The maximum absolute atomic E-state index is 13.4. The van der Waals surface area contributed by atoms with E-state index in [1.807, 2.05) is 0 Å². The molecule has 4 rings (SSSR count). The first-order valence-electron chi connectivity index (χ1n) is 11.7. The highest BCUT2D eigenvalue weighted by Crippen LogP contribution is 2.54. The molecule has 1 saturated heterocycles. The molecule has 2 fully saturated rings. The first-order valence-corrected chi connectivity index (χ1v) is 11.7. The van der Waals surface area contributed by atoms with Gasteiger partial charge < -0.3 is 14.2 Å². The van der Waals surface area contributed by atoms with E-state index in [-0.39, 0.29) is 48.9 Å². The lowest BCUT2D eigenvalue weighted by Gasteiger charge is -2.38. The van der Waals surface area contributed by atoms with Crippen LogP contribution in [0.2, 0.25) is 0 Å². The molecular formula is C25H28N2O9. The first-order chi connectivity index (χ1) is 16.9. The van der Waals surface area contributed by atoms with Gasteiger partial charge in [-0.15, -0.1) is 0 Å². The van der Waals surface area contributed by atoms with E-state index in [4.69, 9.17) is 14.2 Å². The Morgan fingerprint density at radius 1 is 1.06 bits per heavy atom. The van der Waals surface area contributed by atoms with Crippen molar-refractivity contribution in [2.75, 3.05) is 19.8 Å². The number of piperidine rings is 1. The molecule has 36 heavy (non-hydrogen) atoms. The summed E-state index contributed by atoms with van der Waals surface area (Å²) < 4.78 is 16.1. The molecule has 0 aromatic heterocycles. The van der Waals surface area contributed by atoms with Crippen LogP contribution in [-0.4, -0.2) is 76.8 Å². The van der Waals surface area contributed by atoms with Gasteiger partial charge in [0.05, 0.1) is 23.1 Å². The van der Waals surface area contributed by atoms with E-state index in [2.05, 4.69) is 0 Å². The van der Waals surface area contributed by atoms with Gasteiger partial charge in [-0.1, -0.05) is 6.07 Å². The summed E-state index contributed by atoms with van der Waals surface area (Å²) >= 11 is 0. The number of fused-ring (bicyclic) bond motifs is 1. The van der Waals surface area contributed by atoms with Crippen molar-refractivity contribution in [3.05, 3.63) is 29.3 Å². The fourth-order valence-corrected chi connectivity index (χ4v) is 4.38. The van der Waals surface area contributed by atoms with Crippen molar-refractivity contribution < 1.29 is 43.0 Å². The number of imide groups is 4. The van der Waals surface area contributed by atoms with Crippen LogP contribution in [0, 0.1) is 5.41 Å². The Labute approximate surface area is 207 Å². The first kappa shape index (κ1) is 25.5. The predicted octanol–water partition coefficient (Wildman–Crippen LogP) is 2.11. The molecule has 1 aliphatic carbocycles. The van der Waals surface area contributed by atoms with Crippen LogP contribution in [-0.2, 0) is 23.9 Å². The molecule has 0 N–H and O–H groups in total. The fourth-order valence-electron chi connectivity index (χ4n) is 4.38. The average molecular weight is 501 g/mol. The molecule has 1 atom stereocenters. The molecule has 11 nitrogen and oxygen atoms in total. The summed E-state index contributed by atoms with van der Waals surface area (Å²) in [5, 5.41) is 0. The summed E-state index contributed by atoms with van der Waals surface area (Å²) in [5.41, 5.74) is -1.90. The second kappa shape index (κ2) is 9.12. The lowest BCUT2D eigenvalue weighted by Crippen LogP contribution is -2.61. The highest BCUT2D eigenvalue weighted by Gasteiger charge is 2.63. The Morgan fingerprint density at radius 3 is 2.36 bits per heavy atom. The Balaban J connectivity index is 1.58. The maximum Gasteiger partial charge on any atom is 0.424 e. The summed E-state index contributed by atoms with van der Waals surface area (Å²) in [7, 11) is 0. The van der Waals surface area contributed by atoms with Crippen molar-refractivity contribution >= 4 is 35.5 Å². The lowest BCUT2D eigenvalue weighted by atomic mass is 9.89. The molecule has 1 unspecified atom stereocenters. The highest BCUT2D eigenvalue weighted by atomic mass is 16.6. The second-order valence-electron chi connectivity index (χ2n) is 10.2. The minimum Gasteiger partial charge on any atom is -0.490 e.